The Hall–Kier alpha value is -1.30. The van der Waals surface area contributed by atoms with Gasteiger partial charge in [-0.3, -0.25) is 4.79 Å². The predicted octanol–water partition coefficient (Wildman–Crippen LogP) is 2.88. The van der Waals surface area contributed by atoms with Crippen LogP contribution in [-0.4, -0.2) is 56.3 Å². The van der Waals surface area contributed by atoms with Gasteiger partial charge in [0.2, 0.25) is 0 Å². The summed E-state index contributed by atoms with van der Waals surface area (Å²) in [5, 5.41) is 3.47. The van der Waals surface area contributed by atoms with Crippen molar-refractivity contribution in [1.29, 1.82) is 0 Å². The molecule has 3 aliphatic rings. The van der Waals surface area contributed by atoms with Crippen molar-refractivity contribution in [3.63, 3.8) is 0 Å². The zero-order valence-corrected chi connectivity index (χ0v) is 16.1. The molecule has 1 spiro atoms. The maximum Gasteiger partial charge on any atom is 0.253 e. The number of nitrogens with one attached hydrogen (secondary N) is 1. The van der Waals surface area contributed by atoms with Crippen molar-refractivity contribution in [1.82, 2.24) is 10.2 Å². The number of benzene rings is 1. The molecule has 1 aromatic rings. The Labute approximate surface area is 161 Å². The molecule has 3 heterocycles. The van der Waals surface area contributed by atoms with E-state index in [1.807, 2.05) is 29.2 Å². The second kappa shape index (κ2) is 8.59. The van der Waals surface area contributed by atoms with Gasteiger partial charge in [0.25, 0.3) is 5.91 Å². The first-order valence-electron chi connectivity index (χ1n) is 9.59. The van der Waals surface area contributed by atoms with Gasteiger partial charge in [-0.1, -0.05) is 0 Å². The van der Waals surface area contributed by atoms with Crippen LogP contribution in [0.4, 0.5) is 0 Å². The summed E-state index contributed by atoms with van der Waals surface area (Å²) in [6, 6.07) is 7.65. The summed E-state index contributed by atoms with van der Waals surface area (Å²) >= 11 is 0. The van der Waals surface area contributed by atoms with Crippen molar-refractivity contribution in [3.05, 3.63) is 29.8 Å². The number of hydrogen-bond donors (Lipinski definition) is 1. The van der Waals surface area contributed by atoms with Gasteiger partial charge in [-0.15, -0.1) is 12.4 Å². The minimum atomic E-state index is 0. The third-order valence-electron chi connectivity index (χ3n) is 6.02. The van der Waals surface area contributed by atoms with Crippen LogP contribution in [0.5, 0.6) is 5.75 Å². The summed E-state index contributed by atoms with van der Waals surface area (Å²) in [5.41, 5.74) is 1.21. The molecule has 5 nitrogen and oxygen atoms in total. The number of nitrogens with zero attached hydrogens (tertiary/aromatic N) is 1. The molecule has 1 aromatic carbocycles. The Morgan fingerprint density at radius 3 is 2.42 bits per heavy atom. The van der Waals surface area contributed by atoms with Crippen LogP contribution in [0.15, 0.2) is 24.3 Å². The molecule has 144 valence electrons. The number of likely N-dealkylation sites (tertiary alicyclic amines) is 1. The van der Waals surface area contributed by atoms with Gasteiger partial charge in [-0.2, -0.15) is 0 Å². The van der Waals surface area contributed by atoms with Crippen LogP contribution in [0.25, 0.3) is 0 Å². The fourth-order valence-electron chi connectivity index (χ4n) is 4.25. The van der Waals surface area contributed by atoms with E-state index in [9.17, 15) is 4.79 Å². The standard InChI is InChI=1S/C20H28N2O3.ClH/c23-19(22-11-8-20(9-12-22)7-10-21-15-20)16-1-3-17(4-2-16)25-18-5-13-24-14-6-18;/h1-4,18,21H,5-15H2;1H. The summed E-state index contributed by atoms with van der Waals surface area (Å²) in [7, 11) is 0. The number of piperidine rings is 1. The Kier molecular flexibility index (Phi) is 6.43. The van der Waals surface area contributed by atoms with Gasteiger partial charge in [-0.25, -0.2) is 0 Å². The fraction of sp³-hybridized carbons (Fsp3) is 0.650. The maximum absolute atomic E-state index is 12.8. The first kappa shape index (κ1) is 19.5. The van der Waals surface area contributed by atoms with E-state index in [2.05, 4.69) is 5.32 Å². The van der Waals surface area contributed by atoms with E-state index in [1.165, 1.54) is 6.42 Å². The van der Waals surface area contributed by atoms with Gasteiger partial charge in [0.05, 0.1) is 13.2 Å². The van der Waals surface area contributed by atoms with E-state index in [-0.39, 0.29) is 24.4 Å². The number of amides is 1. The van der Waals surface area contributed by atoms with Crippen molar-refractivity contribution < 1.29 is 14.3 Å². The van der Waals surface area contributed by atoms with E-state index in [4.69, 9.17) is 9.47 Å². The van der Waals surface area contributed by atoms with Crippen LogP contribution in [-0.2, 0) is 4.74 Å². The summed E-state index contributed by atoms with van der Waals surface area (Å²) in [6.07, 6.45) is 5.60. The van der Waals surface area contributed by atoms with Gasteiger partial charge in [0, 0.05) is 38.0 Å². The average Bonchev–Trinajstić information content (AvgIpc) is 3.11. The number of halogens is 1. The molecule has 0 saturated carbocycles. The maximum atomic E-state index is 12.8. The van der Waals surface area contributed by atoms with Crippen molar-refractivity contribution >= 4 is 18.3 Å². The van der Waals surface area contributed by atoms with Gasteiger partial charge < -0.3 is 19.7 Å². The molecule has 0 aromatic heterocycles. The number of carbonyl (C=O) groups is 1. The molecule has 4 rings (SSSR count). The molecule has 1 amide bonds. The Morgan fingerprint density at radius 1 is 1.12 bits per heavy atom. The van der Waals surface area contributed by atoms with Gasteiger partial charge in [-0.05, 0) is 55.5 Å². The third-order valence-corrected chi connectivity index (χ3v) is 6.02. The van der Waals surface area contributed by atoms with Crippen LogP contribution >= 0.6 is 12.4 Å². The van der Waals surface area contributed by atoms with Crippen LogP contribution in [0.1, 0.15) is 42.5 Å². The summed E-state index contributed by atoms with van der Waals surface area (Å²) < 4.78 is 11.3. The highest BCUT2D eigenvalue weighted by atomic mass is 35.5. The van der Waals surface area contributed by atoms with Crippen molar-refractivity contribution in [2.45, 2.75) is 38.2 Å². The van der Waals surface area contributed by atoms with Gasteiger partial charge in [0.15, 0.2) is 0 Å². The van der Waals surface area contributed by atoms with Crippen LogP contribution in [0, 0.1) is 5.41 Å². The normalized spacial score (nSPS) is 22.8. The Balaban J connectivity index is 0.00000196. The highest BCUT2D eigenvalue weighted by Crippen LogP contribution is 2.37. The Bertz CT molecular complexity index is 586. The number of rotatable bonds is 3. The topological polar surface area (TPSA) is 50.8 Å². The second-order valence-electron chi connectivity index (χ2n) is 7.67. The molecule has 0 atom stereocenters. The minimum Gasteiger partial charge on any atom is -0.490 e. The quantitative estimate of drug-likeness (QED) is 0.876. The lowest BCUT2D eigenvalue weighted by Crippen LogP contribution is -2.44. The lowest BCUT2D eigenvalue weighted by molar-refractivity contribution is 0.0255. The highest BCUT2D eigenvalue weighted by molar-refractivity contribution is 5.94. The summed E-state index contributed by atoms with van der Waals surface area (Å²) in [5.74, 6) is 0.997. The zero-order valence-electron chi connectivity index (χ0n) is 15.2. The smallest absolute Gasteiger partial charge is 0.253 e. The summed E-state index contributed by atoms with van der Waals surface area (Å²) in [6.45, 7) is 5.54. The molecule has 6 heteroatoms. The lowest BCUT2D eigenvalue weighted by atomic mass is 9.78. The molecule has 3 fully saturated rings. The van der Waals surface area contributed by atoms with Crippen LogP contribution in [0.3, 0.4) is 0 Å². The molecule has 26 heavy (non-hydrogen) atoms. The van der Waals surface area contributed by atoms with E-state index in [1.54, 1.807) is 0 Å². The monoisotopic (exact) mass is 380 g/mol. The SMILES string of the molecule is Cl.O=C(c1ccc(OC2CCOCC2)cc1)N1CCC2(CCNC2)CC1. The number of hydrogen-bond acceptors (Lipinski definition) is 4. The van der Waals surface area contributed by atoms with Crippen molar-refractivity contribution in [3.8, 4) is 5.75 Å². The molecule has 0 aliphatic carbocycles. The third kappa shape index (κ3) is 4.33. The zero-order chi connectivity index (χ0) is 17.1. The molecule has 1 N–H and O–H groups in total. The van der Waals surface area contributed by atoms with Crippen LogP contribution in [0.2, 0.25) is 0 Å². The highest BCUT2D eigenvalue weighted by Gasteiger charge is 2.38. The van der Waals surface area contributed by atoms with E-state index in [0.29, 0.717) is 5.41 Å². The Morgan fingerprint density at radius 2 is 1.81 bits per heavy atom. The van der Waals surface area contributed by atoms with E-state index < -0.39 is 0 Å². The van der Waals surface area contributed by atoms with Crippen molar-refractivity contribution in [2.75, 3.05) is 39.4 Å². The molecule has 0 radical (unpaired) electrons. The van der Waals surface area contributed by atoms with Gasteiger partial charge >= 0.3 is 0 Å². The number of carbonyl (C=O) groups excluding carboxylic acids is 1. The molecule has 3 saturated heterocycles. The first-order chi connectivity index (χ1) is 12.2. The van der Waals surface area contributed by atoms with Gasteiger partial charge in [0.1, 0.15) is 11.9 Å². The molecular formula is C20H29ClN2O3. The molecule has 0 bridgehead atoms. The predicted molar refractivity (Wildman–Crippen MR) is 103 cm³/mol. The molecule has 3 aliphatic heterocycles. The van der Waals surface area contributed by atoms with E-state index in [0.717, 1.165) is 76.4 Å². The van der Waals surface area contributed by atoms with E-state index >= 15 is 0 Å². The first-order valence-corrected chi connectivity index (χ1v) is 9.59. The fourth-order valence-corrected chi connectivity index (χ4v) is 4.25. The summed E-state index contributed by atoms with van der Waals surface area (Å²) in [4.78, 5) is 14.8. The number of ether oxygens (including phenoxy) is 2. The lowest BCUT2D eigenvalue weighted by Gasteiger charge is -2.38. The largest absolute Gasteiger partial charge is 0.490 e. The van der Waals surface area contributed by atoms with Crippen LogP contribution < -0.4 is 10.1 Å². The van der Waals surface area contributed by atoms with Crippen molar-refractivity contribution in [2.24, 2.45) is 5.41 Å². The minimum absolute atomic E-state index is 0. The molecule has 0 unspecified atom stereocenters. The average molecular weight is 381 g/mol. The second-order valence-corrected chi connectivity index (χ2v) is 7.67. The molecular weight excluding hydrogens is 352 g/mol.